The lowest BCUT2D eigenvalue weighted by Gasteiger charge is -2.20. The van der Waals surface area contributed by atoms with Gasteiger partial charge in [-0.15, -0.1) is 0 Å². The van der Waals surface area contributed by atoms with Gasteiger partial charge in [0, 0.05) is 17.7 Å². The van der Waals surface area contributed by atoms with Gasteiger partial charge in [0.05, 0.1) is 35.8 Å². The van der Waals surface area contributed by atoms with Gasteiger partial charge in [-0.25, -0.2) is 5.43 Å². The Morgan fingerprint density at radius 3 is 2.78 bits per heavy atom. The summed E-state index contributed by atoms with van der Waals surface area (Å²) in [6.07, 6.45) is 1.35. The number of ether oxygens (including phenoxy) is 2. The molecule has 10 heteroatoms. The van der Waals surface area contributed by atoms with Gasteiger partial charge in [0.2, 0.25) is 5.91 Å². The summed E-state index contributed by atoms with van der Waals surface area (Å²) >= 11 is 6.08. The van der Waals surface area contributed by atoms with E-state index < -0.39 is 10.7 Å². The second-order valence-electron chi connectivity index (χ2n) is 5.92. The highest BCUT2D eigenvalue weighted by Gasteiger charge is 2.33. The van der Waals surface area contributed by atoms with Crippen molar-refractivity contribution in [3.05, 3.63) is 51.2 Å². The lowest BCUT2D eigenvalue weighted by atomic mass is 10.1. The average Bonchev–Trinajstić information content (AvgIpc) is 3.24. The van der Waals surface area contributed by atoms with Gasteiger partial charge in [-0.2, -0.15) is 5.10 Å². The van der Waals surface area contributed by atoms with E-state index in [2.05, 4.69) is 10.5 Å². The number of hydrogen-bond donors (Lipinski definition) is 1. The Labute approximate surface area is 159 Å². The Morgan fingerprint density at radius 2 is 2.11 bits per heavy atom. The van der Waals surface area contributed by atoms with Crippen LogP contribution in [0, 0.1) is 10.1 Å². The van der Waals surface area contributed by atoms with Crippen molar-refractivity contribution >= 4 is 29.4 Å². The summed E-state index contributed by atoms with van der Waals surface area (Å²) in [6.45, 7) is 2.59. The molecule has 1 aliphatic heterocycles. The third kappa shape index (κ3) is 4.70. The molecule has 1 aromatic carbocycles. The van der Waals surface area contributed by atoms with E-state index in [9.17, 15) is 14.9 Å². The smallest absolute Gasteiger partial charge is 0.270 e. The largest absolute Gasteiger partial charge is 0.455 e. The van der Waals surface area contributed by atoms with E-state index in [1.165, 1.54) is 24.4 Å². The molecule has 0 aliphatic carbocycles. The summed E-state index contributed by atoms with van der Waals surface area (Å²) in [7, 11) is 0. The van der Waals surface area contributed by atoms with Crippen molar-refractivity contribution in [2.75, 3.05) is 13.2 Å². The number of hydrazone groups is 1. The van der Waals surface area contributed by atoms with Crippen molar-refractivity contribution in [3.8, 4) is 11.3 Å². The molecule has 2 heterocycles. The molecule has 3 rings (SSSR count). The molecule has 0 spiro atoms. The molecule has 1 aromatic heterocycles. The fraction of sp³-hybridized carbons (Fsp3) is 0.294. The molecule has 0 radical (unpaired) electrons. The van der Waals surface area contributed by atoms with Gasteiger partial charge in [0.1, 0.15) is 11.5 Å². The van der Waals surface area contributed by atoms with Crippen LogP contribution in [-0.4, -0.2) is 36.0 Å². The standard InChI is InChI=1S/C17H16ClN3O6/c1-17(25-6-7-26-17)9-16(22)20-19-10-12-3-5-15(27-12)13-4-2-11(21(23)24)8-14(13)18/h2-5,8,10H,6-7,9H2,1H3,(H,20,22). The van der Waals surface area contributed by atoms with E-state index in [1.807, 2.05) is 0 Å². The number of benzene rings is 1. The summed E-state index contributed by atoms with van der Waals surface area (Å²) in [4.78, 5) is 22.1. The van der Waals surface area contributed by atoms with Crippen LogP contribution in [0.4, 0.5) is 5.69 Å². The minimum Gasteiger partial charge on any atom is -0.455 e. The highest BCUT2D eigenvalue weighted by atomic mass is 35.5. The fourth-order valence-corrected chi connectivity index (χ4v) is 2.81. The van der Waals surface area contributed by atoms with Gasteiger partial charge in [0.25, 0.3) is 5.69 Å². The summed E-state index contributed by atoms with van der Waals surface area (Å²) in [5.74, 6) is -0.493. The Bertz CT molecular complexity index is 889. The molecular formula is C17H16ClN3O6. The number of non-ortho nitro benzene ring substituents is 1. The minimum absolute atomic E-state index is 0.0200. The molecule has 1 aliphatic rings. The molecule has 0 bridgehead atoms. The number of amides is 1. The fourth-order valence-electron chi connectivity index (χ4n) is 2.54. The number of rotatable bonds is 6. The second-order valence-corrected chi connectivity index (χ2v) is 6.33. The number of halogens is 1. The van der Waals surface area contributed by atoms with Crippen molar-refractivity contribution in [2.24, 2.45) is 5.10 Å². The quantitative estimate of drug-likeness (QED) is 0.458. The highest BCUT2D eigenvalue weighted by molar-refractivity contribution is 6.33. The molecule has 1 fully saturated rings. The molecule has 0 unspecified atom stereocenters. The first-order valence-corrected chi connectivity index (χ1v) is 8.38. The van der Waals surface area contributed by atoms with Gasteiger partial charge in [-0.1, -0.05) is 11.6 Å². The van der Waals surface area contributed by atoms with Gasteiger partial charge >= 0.3 is 0 Å². The maximum Gasteiger partial charge on any atom is 0.270 e. The number of nitro benzene ring substituents is 1. The SMILES string of the molecule is CC1(CC(=O)NN=Cc2ccc(-c3ccc([N+](=O)[O-])cc3Cl)o2)OCCO1. The summed E-state index contributed by atoms with van der Waals surface area (Å²) in [5.41, 5.74) is 2.77. The number of carbonyl (C=O) groups is 1. The molecule has 1 amide bonds. The van der Waals surface area contributed by atoms with Crippen molar-refractivity contribution in [2.45, 2.75) is 19.1 Å². The van der Waals surface area contributed by atoms with E-state index in [4.69, 9.17) is 25.5 Å². The molecule has 0 saturated carbocycles. The van der Waals surface area contributed by atoms with E-state index in [1.54, 1.807) is 19.1 Å². The number of nitrogens with one attached hydrogen (secondary N) is 1. The third-order valence-corrected chi connectivity index (χ3v) is 4.13. The number of nitro groups is 1. The monoisotopic (exact) mass is 393 g/mol. The van der Waals surface area contributed by atoms with Crippen molar-refractivity contribution in [3.63, 3.8) is 0 Å². The zero-order valence-corrected chi connectivity index (χ0v) is 15.1. The number of carbonyl (C=O) groups excluding carboxylic acids is 1. The molecule has 2 aromatic rings. The molecule has 0 atom stereocenters. The maximum absolute atomic E-state index is 11.9. The Hall–Kier alpha value is -2.75. The molecule has 142 valence electrons. The lowest BCUT2D eigenvalue weighted by molar-refractivity contribution is -0.384. The van der Waals surface area contributed by atoms with E-state index in [0.717, 1.165) is 0 Å². The second kappa shape index (κ2) is 7.87. The van der Waals surface area contributed by atoms with Crippen LogP contribution in [0.3, 0.4) is 0 Å². The van der Waals surface area contributed by atoms with Gasteiger partial charge in [0.15, 0.2) is 5.79 Å². The Balaban J connectivity index is 1.61. The highest BCUT2D eigenvalue weighted by Crippen LogP contribution is 2.32. The topological polar surface area (TPSA) is 116 Å². The van der Waals surface area contributed by atoms with Crippen LogP contribution >= 0.6 is 11.6 Å². The van der Waals surface area contributed by atoms with Crippen LogP contribution < -0.4 is 5.43 Å². The molecular weight excluding hydrogens is 378 g/mol. The van der Waals surface area contributed by atoms with Crippen LogP contribution in [0.5, 0.6) is 0 Å². The molecule has 1 saturated heterocycles. The van der Waals surface area contributed by atoms with Gasteiger partial charge in [-0.05, 0) is 25.1 Å². The predicted molar refractivity (Wildman–Crippen MR) is 96.5 cm³/mol. The van der Waals surface area contributed by atoms with E-state index in [-0.39, 0.29) is 23.0 Å². The first-order chi connectivity index (χ1) is 12.9. The van der Waals surface area contributed by atoms with Crippen molar-refractivity contribution in [1.82, 2.24) is 5.43 Å². The Kier molecular flexibility index (Phi) is 5.54. The molecule has 1 N–H and O–H groups in total. The predicted octanol–water partition coefficient (Wildman–Crippen LogP) is 3.11. The minimum atomic E-state index is -0.926. The van der Waals surface area contributed by atoms with Crippen molar-refractivity contribution in [1.29, 1.82) is 0 Å². The maximum atomic E-state index is 11.9. The van der Waals surface area contributed by atoms with Crippen LogP contribution in [0.1, 0.15) is 19.1 Å². The number of nitrogens with zero attached hydrogens (tertiary/aromatic N) is 2. The van der Waals surface area contributed by atoms with Crippen LogP contribution in [0.15, 0.2) is 39.9 Å². The lowest BCUT2D eigenvalue weighted by Crippen LogP contribution is -2.33. The first-order valence-electron chi connectivity index (χ1n) is 8.00. The van der Waals surface area contributed by atoms with E-state index in [0.29, 0.717) is 30.3 Å². The number of hydrogen-bond acceptors (Lipinski definition) is 7. The summed E-state index contributed by atoms with van der Waals surface area (Å²) < 4.78 is 16.3. The van der Waals surface area contributed by atoms with Crippen LogP contribution in [0.2, 0.25) is 5.02 Å². The van der Waals surface area contributed by atoms with E-state index >= 15 is 0 Å². The van der Waals surface area contributed by atoms with Gasteiger partial charge < -0.3 is 13.9 Å². The van der Waals surface area contributed by atoms with Crippen LogP contribution in [0.25, 0.3) is 11.3 Å². The van der Waals surface area contributed by atoms with Crippen molar-refractivity contribution < 1.29 is 23.6 Å². The zero-order chi connectivity index (χ0) is 19.4. The summed E-state index contributed by atoms with van der Waals surface area (Å²) in [5, 5.41) is 14.8. The van der Waals surface area contributed by atoms with Gasteiger partial charge in [-0.3, -0.25) is 14.9 Å². The zero-order valence-electron chi connectivity index (χ0n) is 14.3. The third-order valence-electron chi connectivity index (χ3n) is 3.82. The summed E-state index contributed by atoms with van der Waals surface area (Å²) in [6, 6.07) is 7.38. The normalized spacial score (nSPS) is 15.9. The van der Waals surface area contributed by atoms with Crippen LogP contribution in [-0.2, 0) is 14.3 Å². The molecule has 9 nitrogen and oxygen atoms in total. The number of furan rings is 1. The molecule has 27 heavy (non-hydrogen) atoms. The Morgan fingerprint density at radius 1 is 1.37 bits per heavy atom. The first kappa shape index (κ1) is 19.0. The average molecular weight is 394 g/mol.